The highest BCUT2D eigenvalue weighted by Crippen LogP contribution is 2.32. The maximum absolute atomic E-state index is 13.1. The van der Waals surface area contributed by atoms with Gasteiger partial charge in [0.2, 0.25) is 0 Å². The largest absolute Gasteiger partial charge is 0.492 e. The first-order chi connectivity index (χ1) is 15.6. The number of hydrogen-bond donors (Lipinski definition) is 1. The lowest BCUT2D eigenvalue weighted by atomic mass is 10.0. The van der Waals surface area contributed by atoms with Gasteiger partial charge in [0.1, 0.15) is 24.0 Å². The summed E-state index contributed by atoms with van der Waals surface area (Å²) in [6, 6.07) is 15.9. The van der Waals surface area contributed by atoms with Crippen molar-refractivity contribution in [3.05, 3.63) is 89.3 Å². The SMILES string of the molecule is Cc1ncc(C(=O)NCc2ccccc2)c(C2CCCN2CCOc2ccc(F)cc2)n1. The lowest BCUT2D eigenvalue weighted by Gasteiger charge is -2.25. The molecule has 1 aromatic heterocycles. The van der Waals surface area contributed by atoms with Crippen LogP contribution in [0, 0.1) is 12.7 Å². The van der Waals surface area contributed by atoms with E-state index in [1.54, 1.807) is 18.3 Å². The Balaban J connectivity index is 1.43. The Morgan fingerprint density at radius 1 is 1.19 bits per heavy atom. The van der Waals surface area contributed by atoms with Crippen LogP contribution in [0.15, 0.2) is 60.8 Å². The molecule has 1 aliphatic heterocycles. The molecule has 0 radical (unpaired) electrons. The highest BCUT2D eigenvalue weighted by Gasteiger charge is 2.31. The topological polar surface area (TPSA) is 67.4 Å². The van der Waals surface area contributed by atoms with Gasteiger partial charge in [0.25, 0.3) is 5.91 Å². The van der Waals surface area contributed by atoms with Crippen LogP contribution in [0.25, 0.3) is 0 Å². The summed E-state index contributed by atoms with van der Waals surface area (Å²) in [6.07, 6.45) is 3.57. The molecular weight excluding hydrogens is 407 g/mol. The number of carbonyl (C=O) groups excluding carboxylic acids is 1. The van der Waals surface area contributed by atoms with Gasteiger partial charge in [-0.3, -0.25) is 9.69 Å². The smallest absolute Gasteiger partial charge is 0.255 e. The molecule has 0 spiro atoms. The molecule has 2 heterocycles. The van der Waals surface area contributed by atoms with Crippen molar-refractivity contribution in [3.63, 3.8) is 0 Å². The molecule has 1 N–H and O–H groups in total. The number of hydrogen-bond acceptors (Lipinski definition) is 5. The fraction of sp³-hybridized carbons (Fsp3) is 0.320. The van der Waals surface area contributed by atoms with Crippen molar-refractivity contribution in [1.82, 2.24) is 20.2 Å². The average Bonchev–Trinajstić information content (AvgIpc) is 3.28. The molecule has 6 nitrogen and oxygen atoms in total. The number of amides is 1. The predicted molar refractivity (Wildman–Crippen MR) is 120 cm³/mol. The summed E-state index contributed by atoms with van der Waals surface area (Å²) in [5.41, 5.74) is 2.32. The summed E-state index contributed by atoms with van der Waals surface area (Å²) in [4.78, 5) is 24.2. The van der Waals surface area contributed by atoms with Crippen LogP contribution in [0.1, 0.15) is 46.3 Å². The van der Waals surface area contributed by atoms with E-state index in [4.69, 9.17) is 4.74 Å². The zero-order valence-corrected chi connectivity index (χ0v) is 18.1. The van der Waals surface area contributed by atoms with Gasteiger partial charge in [0.15, 0.2) is 0 Å². The number of aromatic nitrogens is 2. The van der Waals surface area contributed by atoms with Crippen LogP contribution in [-0.4, -0.2) is 40.5 Å². The minimum absolute atomic E-state index is 0.0333. The monoisotopic (exact) mass is 434 g/mol. The second-order valence-corrected chi connectivity index (χ2v) is 7.88. The van der Waals surface area contributed by atoms with E-state index in [1.807, 2.05) is 37.3 Å². The maximum atomic E-state index is 13.1. The molecule has 1 amide bonds. The third-order valence-electron chi connectivity index (χ3n) is 5.62. The molecule has 3 aromatic rings. The Labute approximate surface area is 187 Å². The number of nitrogens with zero attached hydrogens (tertiary/aromatic N) is 3. The van der Waals surface area contributed by atoms with Gasteiger partial charge < -0.3 is 10.1 Å². The second-order valence-electron chi connectivity index (χ2n) is 7.88. The highest BCUT2D eigenvalue weighted by molar-refractivity contribution is 5.95. The first kappa shape index (κ1) is 21.9. The Bertz CT molecular complexity index is 1040. The number of rotatable bonds is 8. The number of halogens is 1. The summed E-state index contributed by atoms with van der Waals surface area (Å²) in [5.74, 6) is 0.836. The molecule has 0 saturated carbocycles. The highest BCUT2D eigenvalue weighted by atomic mass is 19.1. The van der Waals surface area contributed by atoms with Gasteiger partial charge >= 0.3 is 0 Å². The minimum atomic E-state index is -0.283. The van der Waals surface area contributed by atoms with Gasteiger partial charge in [-0.1, -0.05) is 30.3 Å². The van der Waals surface area contributed by atoms with Crippen LogP contribution in [-0.2, 0) is 6.54 Å². The number of likely N-dealkylation sites (tertiary alicyclic amines) is 1. The standard InChI is InChI=1S/C25H27FN4O2/c1-18-27-17-22(25(31)28-16-19-6-3-2-4-7-19)24(29-18)23-8-5-13-30(23)14-15-32-21-11-9-20(26)10-12-21/h2-4,6-7,9-12,17,23H,5,8,13-16H2,1H3,(H,28,31). The number of ether oxygens (including phenoxy) is 1. The van der Waals surface area contributed by atoms with Gasteiger partial charge in [-0.05, 0) is 56.1 Å². The van der Waals surface area contributed by atoms with E-state index in [-0.39, 0.29) is 17.8 Å². The van der Waals surface area contributed by atoms with Crippen molar-refractivity contribution in [3.8, 4) is 5.75 Å². The van der Waals surface area contributed by atoms with Crippen molar-refractivity contribution < 1.29 is 13.9 Å². The fourth-order valence-electron chi connectivity index (χ4n) is 4.00. The van der Waals surface area contributed by atoms with E-state index < -0.39 is 0 Å². The molecule has 1 unspecified atom stereocenters. The Kier molecular flexibility index (Phi) is 7.07. The minimum Gasteiger partial charge on any atom is -0.492 e. The van der Waals surface area contributed by atoms with E-state index >= 15 is 0 Å². The van der Waals surface area contributed by atoms with Gasteiger partial charge in [-0.15, -0.1) is 0 Å². The molecule has 2 aromatic carbocycles. The molecule has 7 heteroatoms. The predicted octanol–water partition coefficient (Wildman–Crippen LogP) is 4.07. The molecule has 1 aliphatic rings. The third-order valence-corrected chi connectivity index (χ3v) is 5.62. The van der Waals surface area contributed by atoms with Crippen LogP contribution in [0.3, 0.4) is 0 Å². The lowest BCUT2D eigenvalue weighted by Crippen LogP contribution is -2.32. The summed E-state index contributed by atoms with van der Waals surface area (Å²) < 4.78 is 18.8. The van der Waals surface area contributed by atoms with Gasteiger partial charge in [-0.25, -0.2) is 14.4 Å². The van der Waals surface area contributed by atoms with Crippen LogP contribution < -0.4 is 10.1 Å². The zero-order valence-electron chi connectivity index (χ0n) is 18.1. The average molecular weight is 435 g/mol. The van der Waals surface area contributed by atoms with Crippen molar-refractivity contribution >= 4 is 5.91 Å². The van der Waals surface area contributed by atoms with Gasteiger partial charge in [0, 0.05) is 19.3 Å². The molecule has 1 atom stereocenters. The fourth-order valence-corrected chi connectivity index (χ4v) is 4.00. The number of nitrogens with one attached hydrogen (secondary N) is 1. The second kappa shape index (κ2) is 10.3. The van der Waals surface area contributed by atoms with E-state index in [0.29, 0.717) is 36.8 Å². The van der Waals surface area contributed by atoms with E-state index in [9.17, 15) is 9.18 Å². The van der Waals surface area contributed by atoms with Crippen LogP contribution >= 0.6 is 0 Å². The summed E-state index contributed by atoms with van der Waals surface area (Å²) >= 11 is 0. The molecular formula is C25H27FN4O2. The van der Waals surface area contributed by atoms with Crippen LogP contribution in [0.5, 0.6) is 5.75 Å². The van der Waals surface area contributed by atoms with Gasteiger partial charge in [-0.2, -0.15) is 0 Å². The molecule has 4 rings (SSSR count). The third kappa shape index (κ3) is 5.48. The number of benzene rings is 2. The van der Waals surface area contributed by atoms with E-state index in [2.05, 4.69) is 20.2 Å². The van der Waals surface area contributed by atoms with Crippen molar-refractivity contribution in [1.29, 1.82) is 0 Å². The summed E-state index contributed by atoms with van der Waals surface area (Å²) in [5, 5.41) is 2.99. The van der Waals surface area contributed by atoms with Crippen molar-refractivity contribution in [2.24, 2.45) is 0 Å². The van der Waals surface area contributed by atoms with Crippen molar-refractivity contribution in [2.75, 3.05) is 19.7 Å². The summed E-state index contributed by atoms with van der Waals surface area (Å²) in [6.45, 7) is 4.36. The molecule has 166 valence electrons. The molecule has 1 saturated heterocycles. The van der Waals surface area contributed by atoms with E-state index in [1.165, 1.54) is 12.1 Å². The molecule has 0 bridgehead atoms. The van der Waals surface area contributed by atoms with Crippen molar-refractivity contribution in [2.45, 2.75) is 32.4 Å². The van der Waals surface area contributed by atoms with Gasteiger partial charge in [0.05, 0.1) is 17.3 Å². The maximum Gasteiger partial charge on any atom is 0.255 e. The van der Waals surface area contributed by atoms with Crippen LogP contribution in [0.4, 0.5) is 4.39 Å². The quantitative estimate of drug-likeness (QED) is 0.579. The summed E-state index contributed by atoms with van der Waals surface area (Å²) in [7, 11) is 0. The Morgan fingerprint density at radius 3 is 2.75 bits per heavy atom. The van der Waals surface area contributed by atoms with E-state index in [0.717, 1.165) is 30.6 Å². The normalized spacial score (nSPS) is 16.1. The first-order valence-corrected chi connectivity index (χ1v) is 10.9. The van der Waals surface area contributed by atoms with Crippen LogP contribution in [0.2, 0.25) is 0 Å². The number of aryl methyl sites for hydroxylation is 1. The lowest BCUT2D eigenvalue weighted by molar-refractivity contribution is 0.0946. The Hall–Kier alpha value is -3.32. The zero-order chi connectivity index (χ0) is 22.3. The first-order valence-electron chi connectivity index (χ1n) is 10.9. The Morgan fingerprint density at radius 2 is 1.97 bits per heavy atom. The molecule has 0 aliphatic carbocycles. The number of carbonyl (C=O) groups is 1. The molecule has 1 fully saturated rings. The molecule has 32 heavy (non-hydrogen) atoms.